The standard InChI is InChI=1S/C21H21N3O2/c25-20(19-4-9-22-23-19)24-10-7-21(8-11-24)6-3-16-13-15(1-2-18(16)21)17-5-12-26-14-17/h1-2,4-5,9,12-14H,3,6-8,10-11H2,(H,22,23). The third-order valence-electron chi connectivity index (χ3n) is 6.14. The van der Waals surface area contributed by atoms with Gasteiger partial charge in [0.1, 0.15) is 5.69 Å². The van der Waals surface area contributed by atoms with Crippen molar-refractivity contribution in [1.82, 2.24) is 15.1 Å². The number of aryl methyl sites for hydroxylation is 1. The van der Waals surface area contributed by atoms with E-state index in [1.165, 1.54) is 23.1 Å². The number of aromatic amines is 1. The van der Waals surface area contributed by atoms with Gasteiger partial charge in [0, 0.05) is 24.8 Å². The van der Waals surface area contributed by atoms with Crippen molar-refractivity contribution >= 4 is 5.91 Å². The van der Waals surface area contributed by atoms with Crippen molar-refractivity contribution in [2.24, 2.45) is 0 Å². The van der Waals surface area contributed by atoms with Gasteiger partial charge in [-0.05, 0) is 59.9 Å². The normalized spacial score (nSPS) is 18.2. The van der Waals surface area contributed by atoms with E-state index in [2.05, 4.69) is 28.4 Å². The molecule has 5 nitrogen and oxygen atoms in total. The van der Waals surface area contributed by atoms with Crippen LogP contribution in [0.4, 0.5) is 0 Å². The Morgan fingerprint density at radius 2 is 2.00 bits per heavy atom. The summed E-state index contributed by atoms with van der Waals surface area (Å²) in [7, 11) is 0. The summed E-state index contributed by atoms with van der Waals surface area (Å²) in [6.07, 6.45) is 9.51. The Balaban J connectivity index is 1.36. The summed E-state index contributed by atoms with van der Waals surface area (Å²) >= 11 is 0. The lowest BCUT2D eigenvalue weighted by molar-refractivity contribution is 0.0660. The van der Waals surface area contributed by atoms with Gasteiger partial charge in [0.15, 0.2) is 0 Å². The predicted molar refractivity (Wildman–Crippen MR) is 97.9 cm³/mol. The SMILES string of the molecule is O=C(c1ccn[nH]1)N1CCC2(CCc3cc(-c4ccoc4)ccc32)CC1. The number of piperidine rings is 1. The molecule has 0 bridgehead atoms. The van der Waals surface area contributed by atoms with E-state index in [9.17, 15) is 4.79 Å². The van der Waals surface area contributed by atoms with E-state index in [1.807, 2.05) is 11.0 Å². The number of benzene rings is 1. The number of carbonyl (C=O) groups is 1. The molecule has 132 valence electrons. The molecule has 1 N–H and O–H groups in total. The molecule has 1 fully saturated rings. The molecule has 2 aromatic heterocycles. The lowest BCUT2D eigenvalue weighted by atomic mass is 9.73. The molecular formula is C21H21N3O2. The smallest absolute Gasteiger partial charge is 0.271 e. The molecule has 5 rings (SSSR count). The molecule has 1 aliphatic heterocycles. The Hall–Kier alpha value is -2.82. The maximum Gasteiger partial charge on any atom is 0.271 e. The van der Waals surface area contributed by atoms with Crippen molar-refractivity contribution in [3.63, 3.8) is 0 Å². The first-order chi connectivity index (χ1) is 12.8. The van der Waals surface area contributed by atoms with Crippen LogP contribution in [0.2, 0.25) is 0 Å². The molecule has 1 amide bonds. The van der Waals surface area contributed by atoms with Gasteiger partial charge in [0.2, 0.25) is 0 Å². The van der Waals surface area contributed by atoms with Gasteiger partial charge in [0.25, 0.3) is 5.91 Å². The van der Waals surface area contributed by atoms with Crippen molar-refractivity contribution in [2.45, 2.75) is 31.1 Å². The lowest BCUT2D eigenvalue weighted by Gasteiger charge is -2.40. The number of hydrogen-bond donors (Lipinski definition) is 1. The number of fused-ring (bicyclic) bond motifs is 2. The Kier molecular flexibility index (Phi) is 3.48. The second kappa shape index (κ2) is 5.87. The molecule has 5 heteroatoms. The van der Waals surface area contributed by atoms with E-state index in [-0.39, 0.29) is 11.3 Å². The van der Waals surface area contributed by atoms with Crippen LogP contribution in [0.25, 0.3) is 11.1 Å². The molecule has 3 heterocycles. The lowest BCUT2D eigenvalue weighted by Crippen LogP contribution is -2.44. The average Bonchev–Trinajstić information content (AvgIpc) is 3.44. The number of nitrogens with zero attached hydrogens (tertiary/aromatic N) is 2. The molecule has 2 aliphatic rings. The highest BCUT2D eigenvalue weighted by Crippen LogP contribution is 2.47. The van der Waals surface area contributed by atoms with Crippen LogP contribution in [-0.4, -0.2) is 34.1 Å². The van der Waals surface area contributed by atoms with Crippen LogP contribution in [0.3, 0.4) is 0 Å². The summed E-state index contributed by atoms with van der Waals surface area (Å²) in [6, 6.07) is 10.6. The Morgan fingerprint density at radius 1 is 1.12 bits per heavy atom. The number of hydrogen-bond acceptors (Lipinski definition) is 3. The maximum absolute atomic E-state index is 12.5. The fourth-order valence-electron chi connectivity index (χ4n) is 4.64. The first-order valence-corrected chi connectivity index (χ1v) is 9.20. The minimum atomic E-state index is 0.0610. The Bertz CT molecular complexity index is 920. The highest BCUT2D eigenvalue weighted by molar-refractivity contribution is 5.92. The minimum absolute atomic E-state index is 0.0610. The van der Waals surface area contributed by atoms with E-state index in [1.54, 1.807) is 24.8 Å². The molecule has 1 spiro atoms. The summed E-state index contributed by atoms with van der Waals surface area (Å²) in [6.45, 7) is 1.61. The maximum atomic E-state index is 12.5. The summed E-state index contributed by atoms with van der Waals surface area (Å²) in [5, 5.41) is 6.67. The second-order valence-electron chi connectivity index (χ2n) is 7.43. The van der Waals surface area contributed by atoms with E-state index >= 15 is 0 Å². The predicted octanol–water partition coefficient (Wildman–Crippen LogP) is 3.79. The Morgan fingerprint density at radius 3 is 2.73 bits per heavy atom. The number of furan rings is 1. The summed E-state index contributed by atoms with van der Waals surface area (Å²) in [5.74, 6) is 0.0610. The molecule has 3 aromatic rings. The molecule has 26 heavy (non-hydrogen) atoms. The van der Waals surface area contributed by atoms with Crippen molar-refractivity contribution in [1.29, 1.82) is 0 Å². The zero-order chi connectivity index (χ0) is 17.6. The van der Waals surface area contributed by atoms with Gasteiger partial charge in [-0.15, -0.1) is 0 Å². The average molecular weight is 347 g/mol. The highest BCUT2D eigenvalue weighted by atomic mass is 16.3. The quantitative estimate of drug-likeness (QED) is 0.767. The third kappa shape index (κ3) is 2.38. The molecule has 0 saturated carbocycles. The topological polar surface area (TPSA) is 62.1 Å². The van der Waals surface area contributed by atoms with Crippen LogP contribution >= 0.6 is 0 Å². The summed E-state index contributed by atoms with van der Waals surface area (Å²) < 4.78 is 5.22. The van der Waals surface area contributed by atoms with Gasteiger partial charge in [0.05, 0.1) is 12.5 Å². The van der Waals surface area contributed by atoms with Gasteiger partial charge in [-0.2, -0.15) is 5.10 Å². The summed E-state index contributed by atoms with van der Waals surface area (Å²) in [5.41, 5.74) is 6.11. The molecule has 1 aliphatic carbocycles. The molecule has 1 saturated heterocycles. The fourth-order valence-corrected chi connectivity index (χ4v) is 4.64. The van der Waals surface area contributed by atoms with E-state index in [4.69, 9.17) is 4.42 Å². The van der Waals surface area contributed by atoms with Gasteiger partial charge in [-0.1, -0.05) is 18.2 Å². The first kappa shape index (κ1) is 15.4. The van der Waals surface area contributed by atoms with Crippen molar-refractivity contribution < 1.29 is 9.21 Å². The molecule has 1 aromatic carbocycles. The van der Waals surface area contributed by atoms with E-state index in [0.29, 0.717) is 5.69 Å². The number of rotatable bonds is 2. The van der Waals surface area contributed by atoms with Crippen LogP contribution in [-0.2, 0) is 11.8 Å². The number of nitrogens with one attached hydrogen (secondary N) is 1. The van der Waals surface area contributed by atoms with Gasteiger partial charge >= 0.3 is 0 Å². The molecule has 0 unspecified atom stereocenters. The van der Waals surface area contributed by atoms with Crippen LogP contribution in [0, 0.1) is 0 Å². The molecule has 0 radical (unpaired) electrons. The first-order valence-electron chi connectivity index (χ1n) is 9.20. The van der Waals surface area contributed by atoms with E-state index < -0.39 is 0 Å². The van der Waals surface area contributed by atoms with Gasteiger partial charge in [-0.3, -0.25) is 9.89 Å². The minimum Gasteiger partial charge on any atom is -0.472 e. The van der Waals surface area contributed by atoms with Gasteiger partial charge in [-0.25, -0.2) is 0 Å². The Labute approximate surface area is 152 Å². The number of likely N-dealkylation sites (tertiary alicyclic amines) is 1. The van der Waals surface area contributed by atoms with Crippen molar-refractivity contribution in [3.8, 4) is 11.1 Å². The molecule has 0 atom stereocenters. The monoisotopic (exact) mass is 347 g/mol. The highest BCUT2D eigenvalue weighted by Gasteiger charge is 2.42. The largest absolute Gasteiger partial charge is 0.472 e. The fraction of sp³-hybridized carbons (Fsp3) is 0.333. The third-order valence-corrected chi connectivity index (χ3v) is 6.14. The van der Waals surface area contributed by atoms with Crippen LogP contribution in [0.5, 0.6) is 0 Å². The second-order valence-corrected chi connectivity index (χ2v) is 7.43. The van der Waals surface area contributed by atoms with Crippen LogP contribution < -0.4 is 0 Å². The molecular weight excluding hydrogens is 326 g/mol. The zero-order valence-electron chi connectivity index (χ0n) is 14.6. The van der Waals surface area contributed by atoms with Crippen molar-refractivity contribution in [3.05, 3.63) is 65.9 Å². The number of H-pyrrole nitrogens is 1. The summed E-state index contributed by atoms with van der Waals surface area (Å²) in [4.78, 5) is 14.5. The van der Waals surface area contributed by atoms with Gasteiger partial charge < -0.3 is 9.32 Å². The van der Waals surface area contributed by atoms with Crippen LogP contribution in [0.1, 0.15) is 40.9 Å². The van der Waals surface area contributed by atoms with Crippen LogP contribution in [0.15, 0.2) is 53.5 Å². The zero-order valence-corrected chi connectivity index (χ0v) is 14.6. The number of aromatic nitrogens is 2. The number of carbonyl (C=O) groups excluding carboxylic acids is 1. The van der Waals surface area contributed by atoms with Crippen molar-refractivity contribution in [2.75, 3.05) is 13.1 Å². The number of amides is 1. The van der Waals surface area contributed by atoms with E-state index in [0.717, 1.165) is 37.9 Å².